The molecular formula is C34H27N3O6. The summed E-state index contributed by atoms with van der Waals surface area (Å²) in [5, 5.41) is 12.3. The zero-order valence-electron chi connectivity index (χ0n) is 23.5. The van der Waals surface area contributed by atoms with Crippen LogP contribution in [-0.2, 0) is 41.1 Å². The van der Waals surface area contributed by atoms with E-state index in [1.54, 1.807) is 41.8 Å². The number of pyridine rings is 2. The number of rotatable bonds is 4. The molecule has 0 radical (unpaired) electrons. The average molecular weight is 574 g/mol. The largest absolute Gasteiger partial charge is 0.458 e. The first kappa shape index (κ1) is 25.8. The van der Waals surface area contributed by atoms with E-state index in [1.165, 1.54) is 4.90 Å². The first-order chi connectivity index (χ1) is 20.8. The van der Waals surface area contributed by atoms with Gasteiger partial charge in [0.25, 0.3) is 17.4 Å². The first-order valence-corrected chi connectivity index (χ1v) is 14.6. The highest BCUT2D eigenvalue weighted by Gasteiger charge is 2.45. The van der Waals surface area contributed by atoms with Crippen molar-refractivity contribution in [3.05, 3.63) is 103 Å². The van der Waals surface area contributed by atoms with Crippen LogP contribution in [0.5, 0.6) is 0 Å². The van der Waals surface area contributed by atoms with E-state index in [0.29, 0.717) is 40.2 Å². The topological polar surface area (TPSA) is 119 Å². The number of aliphatic hydroxyl groups is 1. The summed E-state index contributed by atoms with van der Waals surface area (Å²) in [7, 11) is 0. The second-order valence-electron chi connectivity index (χ2n) is 11.6. The number of nitrogens with zero attached hydrogens (tertiary/aromatic N) is 3. The van der Waals surface area contributed by atoms with Crippen LogP contribution in [-0.4, -0.2) is 43.9 Å². The minimum absolute atomic E-state index is 0.0949. The van der Waals surface area contributed by atoms with Gasteiger partial charge in [-0.25, -0.2) is 9.78 Å². The molecule has 5 heterocycles. The van der Waals surface area contributed by atoms with Crippen molar-refractivity contribution in [2.24, 2.45) is 0 Å². The molecule has 0 saturated carbocycles. The number of aromatic nitrogens is 2. The summed E-state index contributed by atoms with van der Waals surface area (Å²) >= 11 is 0. The molecule has 2 amide bonds. The van der Waals surface area contributed by atoms with E-state index in [4.69, 9.17) is 9.72 Å². The molecule has 9 nitrogen and oxygen atoms in total. The summed E-state index contributed by atoms with van der Waals surface area (Å²) in [4.78, 5) is 58.0. The normalized spacial score (nSPS) is 20.0. The van der Waals surface area contributed by atoms with E-state index < -0.39 is 11.6 Å². The summed E-state index contributed by atoms with van der Waals surface area (Å²) in [6.45, 7) is 2.08. The van der Waals surface area contributed by atoms with E-state index in [0.717, 1.165) is 52.4 Å². The molecule has 4 aliphatic rings. The first-order valence-electron chi connectivity index (χ1n) is 14.6. The minimum Gasteiger partial charge on any atom is -0.458 e. The molecule has 1 atom stereocenters. The van der Waals surface area contributed by atoms with E-state index in [1.807, 2.05) is 24.3 Å². The maximum atomic E-state index is 13.6. The molecule has 214 valence electrons. The van der Waals surface area contributed by atoms with Gasteiger partial charge < -0.3 is 14.4 Å². The zero-order chi connectivity index (χ0) is 29.6. The van der Waals surface area contributed by atoms with E-state index >= 15 is 0 Å². The van der Waals surface area contributed by atoms with Crippen LogP contribution >= 0.6 is 0 Å². The number of cyclic esters (lactones) is 1. The van der Waals surface area contributed by atoms with Crippen LogP contribution in [0.3, 0.4) is 0 Å². The Morgan fingerprint density at radius 2 is 1.72 bits per heavy atom. The second-order valence-corrected chi connectivity index (χ2v) is 11.6. The lowest BCUT2D eigenvalue weighted by molar-refractivity contribution is -0.172. The van der Waals surface area contributed by atoms with Crippen LogP contribution < -0.4 is 5.56 Å². The Morgan fingerprint density at radius 3 is 2.47 bits per heavy atom. The number of hydrogen-bond donors (Lipinski definition) is 1. The van der Waals surface area contributed by atoms with Gasteiger partial charge in [0.1, 0.15) is 6.61 Å². The molecule has 2 aromatic heterocycles. The van der Waals surface area contributed by atoms with Crippen molar-refractivity contribution in [1.29, 1.82) is 0 Å². The van der Waals surface area contributed by atoms with Crippen LogP contribution in [0.15, 0.2) is 53.3 Å². The van der Waals surface area contributed by atoms with Gasteiger partial charge in [-0.1, -0.05) is 37.3 Å². The molecule has 3 aliphatic heterocycles. The van der Waals surface area contributed by atoms with Crippen molar-refractivity contribution in [2.75, 3.05) is 6.54 Å². The van der Waals surface area contributed by atoms with E-state index in [9.17, 15) is 24.3 Å². The van der Waals surface area contributed by atoms with Gasteiger partial charge in [-0.15, -0.1) is 0 Å². The Kier molecular flexibility index (Phi) is 5.43. The van der Waals surface area contributed by atoms with Gasteiger partial charge >= 0.3 is 5.97 Å². The average Bonchev–Trinajstić information content (AvgIpc) is 3.51. The van der Waals surface area contributed by atoms with Crippen molar-refractivity contribution in [3.8, 4) is 11.4 Å². The number of benzene rings is 2. The number of imide groups is 1. The van der Waals surface area contributed by atoms with Crippen molar-refractivity contribution >= 4 is 34.8 Å². The third kappa shape index (κ3) is 3.45. The quantitative estimate of drug-likeness (QED) is 0.256. The van der Waals surface area contributed by atoms with Crippen LogP contribution in [0, 0.1) is 0 Å². The van der Waals surface area contributed by atoms with Crippen LogP contribution in [0.2, 0.25) is 0 Å². The Labute approximate surface area is 246 Å². The molecule has 0 saturated heterocycles. The number of carbonyl (C=O) groups excluding carboxylic acids is 3. The number of amides is 2. The molecule has 1 unspecified atom stereocenters. The highest BCUT2D eigenvalue weighted by molar-refractivity contribution is 6.21. The highest BCUT2D eigenvalue weighted by atomic mass is 16.6. The predicted molar refractivity (Wildman–Crippen MR) is 157 cm³/mol. The summed E-state index contributed by atoms with van der Waals surface area (Å²) in [5.41, 5.74) is 5.83. The lowest BCUT2D eigenvalue weighted by atomic mass is 9.84. The number of esters is 1. The molecule has 2 aromatic carbocycles. The number of aryl methyl sites for hydroxylation is 2. The van der Waals surface area contributed by atoms with Crippen molar-refractivity contribution in [3.63, 3.8) is 0 Å². The molecule has 0 bridgehead atoms. The number of carbonyl (C=O) groups is 3. The van der Waals surface area contributed by atoms with E-state index in [2.05, 4.69) is 0 Å². The number of ether oxygens (including phenoxy) is 1. The lowest BCUT2D eigenvalue weighted by Gasteiger charge is -2.31. The fourth-order valence-electron chi connectivity index (χ4n) is 7.19. The number of hydrogen-bond acceptors (Lipinski definition) is 7. The van der Waals surface area contributed by atoms with E-state index in [-0.39, 0.29) is 36.9 Å². The molecule has 0 fully saturated rings. The fourth-order valence-corrected chi connectivity index (χ4v) is 7.19. The molecule has 8 rings (SSSR count). The summed E-state index contributed by atoms with van der Waals surface area (Å²) in [6.07, 6.45) is 6.56. The number of fused-ring (bicyclic) bond motifs is 6. The standard InChI is InChI=1S/C34H27N3O6/c1-2-34(42)25-15-27-29-23(16-37(27)32(40)24(25)17-43-33(34)41)20-11-5-10-19-18(12-13-26(35-29)28(19)20)7-6-14-36-30(38)21-8-3-4-9-22(21)31(36)39/h3-4,6-9,12-13,15,42H,2,5,10-11,14,16-17H2,1H3/b7-6+. The van der Waals surface area contributed by atoms with Gasteiger partial charge in [0.15, 0.2) is 5.60 Å². The molecule has 43 heavy (non-hydrogen) atoms. The molecule has 0 spiro atoms. The molecule has 9 heteroatoms. The second kappa shape index (κ2) is 9.05. The third-order valence-electron chi connectivity index (χ3n) is 9.43. The molecule has 1 aliphatic carbocycles. The van der Waals surface area contributed by atoms with Gasteiger partial charge in [0.2, 0.25) is 0 Å². The molecule has 1 N–H and O–H groups in total. The lowest BCUT2D eigenvalue weighted by Crippen LogP contribution is -2.44. The zero-order valence-corrected chi connectivity index (χ0v) is 23.5. The van der Waals surface area contributed by atoms with Gasteiger partial charge in [0, 0.05) is 23.1 Å². The van der Waals surface area contributed by atoms with Gasteiger partial charge in [-0.3, -0.25) is 19.3 Å². The van der Waals surface area contributed by atoms with Gasteiger partial charge in [-0.05, 0) is 66.6 Å². The Bertz CT molecular complexity index is 2020. The van der Waals surface area contributed by atoms with Crippen molar-refractivity contribution in [1.82, 2.24) is 14.5 Å². The minimum atomic E-state index is -1.86. The summed E-state index contributed by atoms with van der Waals surface area (Å²) in [6, 6.07) is 12.6. The van der Waals surface area contributed by atoms with Crippen LogP contribution in [0.4, 0.5) is 0 Å². The highest BCUT2D eigenvalue weighted by Crippen LogP contribution is 2.43. The maximum absolute atomic E-state index is 13.6. The van der Waals surface area contributed by atoms with Crippen LogP contribution in [0.1, 0.15) is 73.9 Å². The monoisotopic (exact) mass is 573 g/mol. The van der Waals surface area contributed by atoms with Gasteiger partial charge in [0.05, 0.1) is 40.1 Å². The third-order valence-corrected chi connectivity index (χ3v) is 9.43. The smallest absolute Gasteiger partial charge is 0.343 e. The maximum Gasteiger partial charge on any atom is 0.343 e. The summed E-state index contributed by atoms with van der Waals surface area (Å²) < 4.78 is 6.88. The Morgan fingerprint density at radius 1 is 0.977 bits per heavy atom. The van der Waals surface area contributed by atoms with Crippen LogP contribution in [0.25, 0.3) is 28.4 Å². The van der Waals surface area contributed by atoms with Crippen molar-refractivity contribution < 1.29 is 24.2 Å². The van der Waals surface area contributed by atoms with Gasteiger partial charge in [-0.2, -0.15) is 0 Å². The fraction of sp³-hybridized carbons (Fsp3) is 0.265. The molecular weight excluding hydrogens is 546 g/mol. The SMILES string of the molecule is CCC1(O)C(=O)OCc2c1cc1n(c2=O)Cc2c-1nc1ccc(/C=C/CN3C(=O)c4ccccc4C3=O)c3c1c2CCC3. The van der Waals surface area contributed by atoms with Crippen molar-refractivity contribution in [2.45, 2.75) is 51.4 Å². The Hall–Kier alpha value is -4.89. The predicted octanol–water partition coefficient (Wildman–Crippen LogP) is 3.88. The molecule has 4 aromatic rings. The summed E-state index contributed by atoms with van der Waals surface area (Å²) in [5.74, 6) is -1.30. The Balaban J connectivity index is 1.19.